The van der Waals surface area contributed by atoms with Gasteiger partial charge in [-0.3, -0.25) is 14.9 Å². The van der Waals surface area contributed by atoms with Gasteiger partial charge in [-0.25, -0.2) is 19.3 Å². The molecule has 178 valence electrons. The number of benzene rings is 1. The second-order valence-corrected chi connectivity index (χ2v) is 9.92. The van der Waals surface area contributed by atoms with Gasteiger partial charge in [0.25, 0.3) is 5.91 Å². The molecule has 0 aliphatic rings. The summed E-state index contributed by atoms with van der Waals surface area (Å²) in [6.07, 6.45) is 1.71. The molecule has 0 bridgehead atoms. The van der Waals surface area contributed by atoms with Crippen molar-refractivity contribution in [3.63, 3.8) is 0 Å². The molecular formula is C24H19FN4O3S3. The number of rotatable bonds is 9. The maximum Gasteiger partial charge on any atom is 0.311 e. The standard InChI is InChI=1S/C24H19FN4O3S3/c1-2-32-21(30)13-16-14-33-24(27-16)29-23(31)22-18(34-17-8-6-15(25)7-9-17)10-11-20(28-22)35-19-5-3-4-12-26-19/h3-12,14H,2,13H2,1H3,(H,27,29,31). The fraction of sp³-hybridized carbons (Fsp3) is 0.125. The number of carbonyl (C=O) groups excluding carboxylic acids is 2. The van der Waals surface area contributed by atoms with Crippen LogP contribution in [0.2, 0.25) is 0 Å². The number of aromatic nitrogens is 3. The summed E-state index contributed by atoms with van der Waals surface area (Å²) >= 11 is 3.84. The molecule has 0 saturated carbocycles. The molecule has 0 unspecified atom stereocenters. The predicted molar refractivity (Wildman–Crippen MR) is 134 cm³/mol. The molecule has 1 amide bonds. The first kappa shape index (κ1) is 24.8. The molecule has 0 radical (unpaired) electrons. The summed E-state index contributed by atoms with van der Waals surface area (Å²) in [4.78, 5) is 39.5. The maximum atomic E-state index is 13.3. The van der Waals surface area contributed by atoms with Gasteiger partial charge >= 0.3 is 5.97 Å². The first-order valence-electron chi connectivity index (χ1n) is 10.4. The summed E-state index contributed by atoms with van der Waals surface area (Å²) in [6, 6.07) is 15.2. The Morgan fingerprint density at radius 1 is 1.03 bits per heavy atom. The molecule has 0 aliphatic carbocycles. The molecule has 0 saturated heterocycles. The van der Waals surface area contributed by atoms with Crippen molar-refractivity contribution in [2.45, 2.75) is 33.2 Å². The highest BCUT2D eigenvalue weighted by atomic mass is 32.2. The first-order valence-corrected chi connectivity index (χ1v) is 13.0. The quantitative estimate of drug-likeness (QED) is 0.276. The second-order valence-electron chi connectivity index (χ2n) is 6.90. The fourth-order valence-corrected chi connectivity index (χ4v) is 5.19. The van der Waals surface area contributed by atoms with Crippen LogP contribution in [0.5, 0.6) is 0 Å². The minimum Gasteiger partial charge on any atom is -0.466 e. The average molecular weight is 527 g/mol. The van der Waals surface area contributed by atoms with Crippen LogP contribution in [0.4, 0.5) is 9.52 Å². The van der Waals surface area contributed by atoms with Crippen LogP contribution in [0.1, 0.15) is 23.1 Å². The number of anilines is 1. The highest BCUT2D eigenvalue weighted by Crippen LogP contribution is 2.33. The van der Waals surface area contributed by atoms with E-state index in [4.69, 9.17) is 4.74 Å². The number of nitrogens with one attached hydrogen (secondary N) is 1. The van der Waals surface area contributed by atoms with Crippen LogP contribution in [0.3, 0.4) is 0 Å². The Morgan fingerprint density at radius 2 is 1.86 bits per heavy atom. The van der Waals surface area contributed by atoms with E-state index < -0.39 is 5.91 Å². The van der Waals surface area contributed by atoms with E-state index in [9.17, 15) is 14.0 Å². The van der Waals surface area contributed by atoms with Crippen LogP contribution < -0.4 is 5.32 Å². The Hall–Kier alpha value is -3.28. The Kier molecular flexibility index (Phi) is 8.45. The number of pyridine rings is 2. The van der Waals surface area contributed by atoms with Crippen molar-refractivity contribution in [3.05, 3.63) is 83.4 Å². The molecule has 0 aliphatic heterocycles. The van der Waals surface area contributed by atoms with E-state index >= 15 is 0 Å². The highest BCUT2D eigenvalue weighted by molar-refractivity contribution is 7.99. The molecule has 0 atom stereocenters. The van der Waals surface area contributed by atoms with Gasteiger partial charge in [0.05, 0.1) is 18.7 Å². The molecule has 4 aromatic rings. The van der Waals surface area contributed by atoms with Crippen LogP contribution in [-0.4, -0.2) is 33.4 Å². The second kappa shape index (κ2) is 11.9. The largest absolute Gasteiger partial charge is 0.466 e. The number of nitrogens with zero attached hydrogens (tertiary/aromatic N) is 3. The van der Waals surface area contributed by atoms with Gasteiger partial charge in [-0.2, -0.15) is 0 Å². The zero-order chi connectivity index (χ0) is 24.6. The summed E-state index contributed by atoms with van der Waals surface area (Å²) in [5, 5.41) is 6.15. The maximum absolute atomic E-state index is 13.3. The van der Waals surface area contributed by atoms with E-state index in [0.717, 1.165) is 9.92 Å². The summed E-state index contributed by atoms with van der Waals surface area (Å²) in [6.45, 7) is 2.03. The number of ether oxygens (including phenoxy) is 1. The number of amides is 1. The van der Waals surface area contributed by atoms with Gasteiger partial charge in [0, 0.05) is 21.4 Å². The van der Waals surface area contributed by atoms with Gasteiger partial charge in [-0.15, -0.1) is 11.3 Å². The van der Waals surface area contributed by atoms with Crippen molar-refractivity contribution in [2.24, 2.45) is 0 Å². The van der Waals surface area contributed by atoms with Crippen LogP contribution in [0.25, 0.3) is 0 Å². The van der Waals surface area contributed by atoms with Crippen molar-refractivity contribution in [2.75, 3.05) is 11.9 Å². The van der Waals surface area contributed by atoms with E-state index in [1.54, 1.807) is 36.7 Å². The third kappa shape index (κ3) is 7.10. The third-order valence-corrected chi connectivity index (χ3v) is 7.09. The van der Waals surface area contributed by atoms with Crippen LogP contribution in [-0.2, 0) is 16.0 Å². The number of esters is 1. The molecule has 35 heavy (non-hydrogen) atoms. The number of thiazole rings is 1. The lowest BCUT2D eigenvalue weighted by molar-refractivity contribution is -0.142. The summed E-state index contributed by atoms with van der Waals surface area (Å²) in [5.74, 6) is -1.17. The topological polar surface area (TPSA) is 94.1 Å². The SMILES string of the molecule is CCOC(=O)Cc1csc(NC(=O)c2nc(Sc3ccccn3)ccc2Sc2ccc(F)cc2)n1. The van der Waals surface area contributed by atoms with Crippen LogP contribution >= 0.6 is 34.9 Å². The summed E-state index contributed by atoms with van der Waals surface area (Å²) in [5.41, 5.74) is 0.708. The molecule has 0 fully saturated rings. The van der Waals surface area contributed by atoms with Gasteiger partial charge in [-0.1, -0.05) is 29.6 Å². The Bertz CT molecular complexity index is 1320. The Labute approximate surface area is 213 Å². The molecule has 3 aromatic heterocycles. The van der Waals surface area contributed by atoms with E-state index in [-0.39, 0.29) is 23.9 Å². The van der Waals surface area contributed by atoms with Gasteiger partial charge in [0.1, 0.15) is 21.6 Å². The lowest BCUT2D eigenvalue weighted by Crippen LogP contribution is -2.15. The van der Waals surface area contributed by atoms with E-state index in [1.165, 1.54) is 47.0 Å². The van der Waals surface area contributed by atoms with Gasteiger partial charge < -0.3 is 4.74 Å². The fourth-order valence-electron chi connectivity index (χ4n) is 2.84. The van der Waals surface area contributed by atoms with Crippen molar-refractivity contribution >= 4 is 51.9 Å². The minimum atomic E-state index is -0.449. The van der Waals surface area contributed by atoms with Crippen LogP contribution in [0.15, 0.2) is 86.0 Å². The molecule has 3 heterocycles. The zero-order valence-electron chi connectivity index (χ0n) is 18.4. The summed E-state index contributed by atoms with van der Waals surface area (Å²) in [7, 11) is 0. The van der Waals surface area contributed by atoms with Gasteiger partial charge in [0.15, 0.2) is 5.13 Å². The number of halogens is 1. The molecule has 0 spiro atoms. The van der Waals surface area contributed by atoms with E-state index in [0.29, 0.717) is 27.4 Å². The molecule has 1 N–H and O–H groups in total. The lowest BCUT2D eigenvalue weighted by atomic mass is 10.3. The zero-order valence-corrected chi connectivity index (χ0v) is 20.9. The molecule has 11 heteroatoms. The lowest BCUT2D eigenvalue weighted by Gasteiger charge is -2.10. The van der Waals surface area contributed by atoms with Crippen molar-refractivity contribution in [1.29, 1.82) is 0 Å². The molecule has 4 rings (SSSR count). The van der Waals surface area contributed by atoms with E-state index in [2.05, 4.69) is 20.3 Å². The predicted octanol–water partition coefficient (Wildman–Crippen LogP) is 5.73. The van der Waals surface area contributed by atoms with Crippen molar-refractivity contribution in [1.82, 2.24) is 15.0 Å². The van der Waals surface area contributed by atoms with Crippen LogP contribution in [0, 0.1) is 5.82 Å². The normalized spacial score (nSPS) is 10.7. The van der Waals surface area contributed by atoms with E-state index in [1.807, 2.05) is 24.3 Å². The van der Waals surface area contributed by atoms with Gasteiger partial charge in [-0.05, 0) is 55.5 Å². The molecule has 7 nitrogen and oxygen atoms in total. The Balaban J connectivity index is 1.57. The average Bonchev–Trinajstić information content (AvgIpc) is 3.28. The number of hydrogen-bond donors (Lipinski definition) is 1. The minimum absolute atomic E-state index is 0.0281. The Morgan fingerprint density at radius 3 is 2.60 bits per heavy atom. The van der Waals surface area contributed by atoms with Crippen molar-refractivity contribution < 1.29 is 18.7 Å². The molecule has 1 aromatic carbocycles. The van der Waals surface area contributed by atoms with Gasteiger partial charge in [0.2, 0.25) is 0 Å². The van der Waals surface area contributed by atoms with Crippen molar-refractivity contribution in [3.8, 4) is 0 Å². The summed E-state index contributed by atoms with van der Waals surface area (Å²) < 4.78 is 18.3. The molecular weight excluding hydrogens is 507 g/mol. The third-order valence-electron chi connectivity index (χ3n) is 4.34. The first-order chi connectivity index (χ1) is 17.0. The smallest absolute Gasteiger partial charge is 0.311 e. The monoisotopic (exact) mass is 526 g/mol. The highest BCUT2D eigenvalue weighted by Gasteiger charge is 2.18. The number of hydrogen-bond acceptors (Lipinski definition) is 9. The number of carbonyl (C=O) groups is 2.